The Hall–Kier alpha value is -2.48. The summed E-state index contributed by atoms with van der Waals surface area (Å²) in [6.45, 7) is 0.311. The molecule has 2 aromatic rings. The quantitative estimate of drug-likeness (QED) is 0.665. The second-order valence-electron chi connectivity index (χ2n) is 3.70. The van der Waals surface area contributed by atoms with Gasteiger partial charge in [0.05, 0.1) is 12.0 Å². The maximum Gasteiger partial charge on any atom is 0.322 e. The van der Waals surface area contributed by atoms with Gasteiger partial charge in [0.25, 0.3) is 5.69 Å². The van der Waals surface area contributed by atoms with E-state index in [0.29, 0.717) is 6.54 Å². The summed E-state index contributed by atoms with van der Waals surface area (Å²) in [7, 11) is 1.41. The van der Waals surface area contributed by atoms with Gasteiger partial charge in [-0.2, -0.15) is 15.0 Å². The van der Waals surface area contributed by atoms with E-state index in [-0.39, 0.29) is 22.9 Å². The van der Waals surface area contributed by atoms with Crippen LogP contribution in [0.25, 0.3) is 0 Å². The van der Waals surface area contributed by atoms with E-state index >= 15 is 0 Å². The van der Waals surface area contributed by atoms with Gasteiger partial charge >= 0.3 is 6.01 Å². The van der Waals surface area contributed by atoms with E-state index in [4.69, 9.17) is 16.3 Å². The van der Waals surface area contributed by atoms with Crippen molar-refractivity contribution in [1.82, 2.24) is 15.0 Å². The van der Waals surface area contributed by atoms with E-state index in [1.54, 1.807) is 12.1 Å². The standard InChI is InChI=1S/C11H10ClN5O3/c1-20-11-15-9(12)14-10(16-11)13-6-7-3-2-4-8(5-7)17(18)19/h2-5H,6H2,1H3,(H,13,14,15,16). The minimum Gasteiger partial charge on any atom is -0.467 e. The third-order valence-electron chi connectivity index (χ3n) is 2.34. The van der Waals surface area contributed by atoms with E-state index in [1.807, 2.05) is 0 Å². The van der Waals surface area contributed by atoms with Crippen molar-refractivity contribution in [2.45, 2.75) is 6.54 Å². The van der Waals surface area contributed by atoms with Gasteiger partial charge in [0.15, 0.2) is 0 Å². The van der Waals surface area contributed by atoms with Crippen LogP contribution in [-0.4, -0.2) is 27.0 Å². The molecular weight excluding hydrogens is 286 g/mol. The molecule has 0 bridgehead atoms. The number of anilines is 1. The summed E-state index contributed by atoms with van der Waals surface area (Å²) in [4.78, 5) is 21.8. The zero-order valence-corrected chi connectivity index (χ0v) is 11.2. The molecule has 1 heterocycles. The average molecular weight is 296 g/mol. The minimum atomic E-state index is -0.452. The molecule has 8 nitrogen and oxygen atoms in total. The van der Waals surface area contributed by atoms with Crippen molar-refractivity contribution in [2.75, 3.05) is 12.4 Å². The van der Waals surface area contributed by atoms with Crippen LogP contribution in [-0.2, 0) is 6.54 Å². The zero-order chi connectivity index (χ0) is 14.5. The predicted octanol–water partition coefficient (Wildman–Crippen LogP) is 2.05. The zero-order valence-electron chi connectivity index (χ0n) is 10.4. The first-order valence-electron chi connectivity index (χ1n) is 5.51. The lowest BCUT2D eigenvalue weighted by Gasteiger charge is -2.06. The molecule has 0 fully saturated rings. The van der Waals surface area contributed by atoms with Gasteiger partial charge in [0.2, 0.25) is 11.2 Å². The maximum absolute atomic E-state index is 10.7. The lowest BCUT2D eigenvalue weighted by molar-refractivity contribution is -0.384. The molecular formula is C11H10ClN5O3. The van der Waals surface area contributed by atoms with Crippen LogP contribution in [0.5, 0.6) is 6.01 Å². The molecule has 104 valence electrons. The SMILES string of the molecule is COc1nc(Cl)nc(NCc2cccc([N+](=O)[O-])c2)n1. The topological polar surface area (TPSA) is 103 Å². The van der Waals surface area contributed by atoms with Crippen molar-refractivity contribution in [3.05, 3.63) is 45.2 Å². The predicted molar refractivity (Wildman–Crippen MR) is 71.8 cm³/mol. The van der Waals surface area contributed by atoms with Gasteiger partial charge in [-0.3, -0.25) is 10.1 Å². The second kappa shape index (κ2) is 6.11. The fourth-order valence-electron chi connectivity index (χ4n) is 1.46. The molecule has 0 radical (unpaired) electrons. The average Bonchev–Trinajstić information content (AvgIpc) is 2.44. The van der Waals surface area contributed by atoms with Crippen molar-refractivity contribution in [1.29, 1.82) is 0 Å². The maximum atomic E-state index is 10.7. The highest BCUT2D eigenvalue weighted by Gasteiger charge is 2.07. The molecule has 2 rings (SSSR count). The molecule has 20 heavy (non-hydrogen) atoms. The Kier molecular flexibility index (Phi) is 4.26. The largest absolute Gasteiger partial charge is 0.467 e. The van der Waals surface area contributed by atoms with Crippen LogP contribution >= 0.6 is 11.6 Å². The molecule has 0 aliphatic heterocycles. The molecule has 0 aliphatic carbocycles. The molecule has 1 N–H and O–H groups in total. The fourth-order valence-corrected chi connectivity index (χ4v) is 1.62. The van der Waals surface area contributed by atoms with Gasteiger partial charge in [-0.1, -0.05) is 12.1 Å². The number of non-ortho nitro benzene ring substituents is 1. The molecule has 0 unspecified atom stereocenters. The van der Waals surface area contributed by atoms with Crippen molar-refractivity contribution >= 4 is 23.2 Å². The Labute approximate surface area is 118 Å². The van der Waals surface area contributed by atoms with Gasteiger partial charge in [0, 0.05) is 18.7 Å². The van der Waals surface area contributed by atoms with Crippen LogP contribution in [0, 0.1) is 10.1 Å². The number of nitrogens with zero attached hydrogens (tertiary/aromatic N) is 4. The van der Waals surface area contributed by atoms with Crippen molar-refractivity contribution in [3.63, 3.8) is 0 Å². The van der Waals surface area contributed by atoms with E-state index in [2.05, 4.69) is 20.3 Å². The number of ether oxygens (including phenoxy) is 1. The van der Waals surface area contributed by atoms with Crippen molar-refractivity contribution < 1.29 is 9.66 Å². The molecule has 0 saturated carbocycles. The number of nitrogens with one attached hydrogen (secondary N) is 1. The number of nitro groups is 1. The molecule has 0 saturated heterocycles. The lowest BCUT2D eigenvalue weighted by atomic mass is 10.2. The number of nitro benzene ring substituents is 1. The van der Waals surface area contributed by atoms with Crippen LogP contribution in [0.1, 0.15) is 5.56 Å². The van der Waals surface area contributed by atoms with E-state index < -0.39 is 4.92 Å². The Morgan fingerprint density at radius 3 is 2.90 bits per heavy atom. The highest BCUT2D eigenvalue weighted by Crippen LogP contribution is 2.15. The van der Waals surface area contributed by atoms with Crippen LogP contribution in [0.3, 0.4) is 0 Å². The van der Waals surface area contributed by atoms with E-state index in [0.717, 1.165) is 5.56 Å². The third kappa shape index (κ3) is 3.51. The van der Waals surface area contributed by atoms with Crippen LogP contribution in [0.4, 0.5) is 11.6 Å². The summed E-state index contributed by atoms with van der Waals surface area (Å²) >= 11 is 5.71. The molecule has 1 aromatic heterocycles. The first-order chi connectivity index (χ1) is 9.58. The lowest BCUT2D eigenvalue weighted by Crippen LogP contribution is -2.06. The summed E-state index contributed by atoms with van der Waals surface area (Å²) in [5.41, 5.74) is 0.741. The second-order valence-corrected chi connectivity index (χ2v) is 4.03. The molecule has 0 spiro atoms. The number of rotatable bonds is 5. The molecule has 0 aliphatic rings. The summed E-state index contributed by atoms with van der Waals surface area (Å²) in [5.74, 6) is 0.230. The summed E-state index contributed by atoms with van der Waals surface area (Å²) in [5, 5.41) is 13.6. The number of hydrogen-bond donors (Lipinski definition) is 1. The minimum absolute atomic E-state index is 0.00149. The Morgan fingerprint density at radius 1 is 1.40 bits per heavy atom. The monoisotopic (exact) mass is 295 g/mol. The Bertz CT molecular complexity index is 637. The van der Waals surface area contributed by atoms with Crippen LogP contribution < -0.4 is 10.1 Å². The first-order valence-corrected chi connectivity index (χ1v) is 5.89. The van der Waals surface area contributed by atoms with Gasteiger partial charge in [0.1, 0.15) is 0 Å². The molecule has 0 amide bonds. The summed E-state index contributed by atoms with van der Waals surface area (Å²) < 4.78 is 4.86. The Morgan fingerprint density at radius 2 is 2.20 bits per heavy atom. The van der Waals surface area contributed by atoms with Gasteiger partial charge in [-0.25, -0.2) is 0 Å². The number of methoxy groups -OCH3 is 1. The number of benzene rings is 1. The number of hydrogen-bond acceptors (Lipinski definition) is 7. The molecule has 1 aromatic carbocycles. The normalized spacial score (nSPS) is 10.1. The van der Waals surface area contributed by atoms with E-state index in [1.165, 1.54) is 19.2 Å². The van der Waals surface area contributed by atoms with Gasteiger partial charge in [-0.15, -0.1) is 0 Å². The van der Waals surface area contributed by atoms with E-state index in [9.17, 15) is 10.1 Å². The fraction of sp³-hybridized carbons (Fsp3) is 0.182. The summed E-state index contributed by atoms with van der Waals surface area (Å²) in [6, 6.07) is 6.33. The molecule has 0 atom stereocenters. The van der Waals surface area contributed by atoms with Gasteiger partial charge < -0.3 is 10.1 Å². The van der Waals surface area contributed by atoms with Crippen LogP contribution in [0.2, 0.25) is 5.28 Å². The highest BCUT2D eigenvalue weighted by atomic mass is 35.5. The van der Waals surface area contributed by atoms with Crippen molar-refractivity contribution in [2.24, 2.45) is 0 Å². The Balaban J connectivity index is 2.10. The molecule has 9 heteroatoms. The summed E-state index contributed by atoms with van der Waals surface area (Å²) in [6.07, 6.45) is 0. The number of halogens is 1. The smallest absolute Gasteiger partial charge is 0.322 e. The number of aromatic nitrogens is 3. The van der Waals surface area contributed by atoms with Gasteiger partial charge in [-0.05, 0) is 17.2 Å². The highest BCUT2D eigenvalue weighted by molar-refractivity contribution is 6.28. The van der Waals surface area contributed by atoms with Crippen molar-refractivity contribution in [3.8, 4) is 6.01 Å². The van der Waals surface area contributed by atoms with Crippen LogP contribution in [0.15, 0.2) is 24.3 Å². The first kappa shape index (κ1) is 13.9. The third-order valence-corrected chi connectivity index (χ3v) is 2.51.